The maximum absolute atomic E-state index is 13.6. The van der Waals surface area contributed by atoms with Crippen molar-refractivity contribution in [1.82, 2.24) is 9.80 Å². The van der Waals surface area contributed by atoms with Crippen molar-refractivity contribution < 1.29 is 8.78 Å². The van der Waals surface area contributed by atoms with Crippen LogP contribution in [-0.2, 0) is 13.1 Å². The van der Waals surface area contributed by atoms with Crippen LogP contribution in [0, 0.1) is 29.9 Å². The number of hydrogen-bond acceptors (Lipinski definition) is 2. The summed E-state index contributed by atoms with van der Waals surface area (Å²) in [6.07, 6.45) is 6.36. The Bertz CT molecular complexity index is 854. The molecular formula is C25H30F2N2. The van der Waals surface area contributed by atoms with Crippen LogP contribution >= 0.6 is 0 Å². The number of nitrogens with zero attached hydrogens (tertiary/aromatic N) is 2. The fraction of sp³-hybridized carbons (Fsp3) is 0.440. The third kappa shape index (κ3) is 5.88. The summed E-state index contributed by atoms with van der Waals surface area (Å²) in [5.41, 5.74) is 3.41. The van der Waals surface area contributed by atoms with Gasteiger partial charge in [-0.1, -0.05) is 50.1 Å². The van der Waals surface area contributed by atoms with Crippen LogP contribution in [0.15, 0.2) is 42.5 Å². The van der Waals surface area contributed by atoms with Crippen LogP contribution in [0.3, 0.4) is 0 Å². The smallest absolute Gasteiger partial charge is 0.159 e. The van der Waals surface area contributed by atoms with Crippen LogP contribution < -0.4 is 0 Å². The van der Waals surface area contributed by atoms with E-state index >= 15 is 0 Å². The zero-order valence-electron chi connectivity index (χ0n) is 17.5. The standard InChI is InChI=1S/C25H30F2N2/c1-5-12-28(4)16-19-6-8-20(9-7-19)17-29(15-18(2)3)25-14-22(25)21-10-11-23(26)24(27)13-21/h1,6-11,13,18,22,25H,12,14-17H2,2-4H3/t22-,25+/m0/s1. The fourth-order valence-corrected chi connectivity index (χ4v) is 3.98. The van der Waals surface area contributed by atoms with Crippen molar-refractivity contribution in [2.45, 2.75) is 45.3 Å². The molecule has 0 N–H and O–H groups in total. The topological polar surface area (TPSA) is 6.48 Å². The molecule has 0 radical (unpaired) electrons. The molecule has 0 unspecified atom stereocenters. The maximum atomic E-state index is 13.6. The summed E-state index contributed by atoms with van der Waals surface area (Å²) < 4.78 is 26.9. The van der Waals surface area contributed by atoms with Crippen molar-refractivity contribution in [3.8, 4) is 12.3 Å². The van der Waals surface area contributed by atoms with Gasteiger partial charge in [0.25, 0.3) is 0 Å². The van der Waals surface area contributed by atoms with Crippen LogP contribution in [-0.4, -0.2) is 36.0 Å². The normalized spacial score (nSPS) is 18.4. The van der Waals surface area contributed by atoms with Crippen molar-refractivity contribution in [2.75, 3.05) is 20.1 Å². The summed E-state index contributed by atoms with van der Waals surface area (Å²) in [4.78, 5) is 4.59. The van der Waals surface area contributed by atoms with Gasteiger partial charge in [-0.25, -0.2) is 8.78 Å². The number of benzene rings is 2. The summed E-state index contributed by atoms with van der Waals surface area (Å²) in [7, 11) is 2.02. The monoisotopic (exact) mass is 396 g/mol. The molecule has 2 aromatic carbocycles. The molecule has 1 fully saturated rings. The molecule has 0 aliphatic heterocycles. The molecule has 0 heterocycles. The van der Waals surface area contributed by atoms with Crippen molar-refractivity contribution >= 4 is 0 Å². The van der Waals surface area contributed by atoms with E-state index in [1.54, 1.807) is 6.07 Å². The molecule has 0 aromatic heterocycles. The molecule has 4 heteroatoms. The van der Waals surface area contributed by atoms with Crippen LogP contribution in [0.1, 0.15) is 42.9 Å². The number of rotatable bonds is 9. The lowest BCUT2D eigenvalue weighted by molar-refractivity contribution is 0.222. The zero-order chi connectivity index (χ0) is 21.0. The first-order valence-corrected chi connectivity index (χ1v) is 10.3. The Morgan fingerprint density at radius 3 is 2.28 bits per heavy atom. The Hall–Kier alpha value is -2.22. The van der Waals surface area contributed by atoms with E-state index in [9.17, 15) is 8.78 Å². The van der Waals surface area contributed by atoms with Gasteiger partial charge in [0.1, 0.15) is 0 Å². The average molecular weight is 397 g/mol. The second kappa shape index (κ2) is 9.52. The van der Waals surface area contributed by atoms with E-state index in [1.807, 2.05) is 7.05 Å². The summed E-state index contributed by atoms with van der Waals surface area (Å²) in [6.45, 7) is 7.75. The Labute approximate surface area is 173 Å². The molecule has 0 amide bonds. The molecule has 2 atom stereocenters. The van der Waals surface area contributed by atoms with Gasteiger partial charge in [0.05, 0.1) is 6.54 Å². The molecule has 1 aliphatic carbocycles. The molecule has 1 aliphatic rings. The zero-order valence-corrected chi connectivity index (χ0v) is 17.5. The number of terminal acetylenes is 1. The molecule has 3 rings (SSSR count). The third-order valence-corrected chi connectivity index (χ3v) is 5.42. The second-order valence-corrected chi connectivity index (χ2v) is 8.60. The molecule has 1 saturated carbocycles. The Kier molecular flexibility index (Phi) is 7.05. The number of halogens is 2. The van der Waals surface area contributed by atoms with Gasteiger partial charge in [-0.3, -0.25) is 9.80 Å². The Balaban J connectivity index is 1.65. The van der Waals surface area contributed by atoms with Crippen LogP contribution in [0.25, 0.3) is 0 Å². The van der Waals surface area contributed by atoms with E-state index in [1.165, 1.54) is 23.3 Å². The first-order chi connectivity index (χ1) is 13.9. The lowest BCUT2D eigenvalue weighted by Crippen LogP contribution is -2.30. The van der Waals surface area contributed by atoms with E-state index in [0.29, 0.717) is 18.5 Å². The highest BCUT2D eigenvalue weighted by Crippen LogP contribution is 2.45. The molecule has 0 bridgehead atoms. The van der Waals surface area contributed by atoms with Gasteiger partial charge in [0.15, 0.2) is 11.6 Å². The van der Waals surface area contributed by atoms with E-state index in [2.05, 4.69) is 53.8 Å². The fourth-order valence-electron chi connectivity index (χ4n) is 3.98. The van der Waals surface area contributed by atoms with Gasteiger partial charge < -0.3 is 0 Å². The van der Waals surface area contributed by atoms with Gasteiger partial charge in [-0.2, -0.15) is 0 Å². The molecule has 0 spiro atoms. The van der Waals surface area contributed by atoms with E-state index < -0.39 is 11.6 Å². The molecular weight excluding hydrogens is 366 g/mol. The van der Waals surface area contributed by atoms with Crippen molar-refractivity contribution in [1.29, 1.82) is 0 Å². The van der Waals surface area contributed by atoms with E-state index in [4.69, 9.17) is 6.42 Å². The quantitative estimate of drug-likeness (QED) is 0.548. The van der Waals surface area contributed by atoms with E-state index in [-0.39, 0.29) is 5.92 Å². The predicted octanol–water partition coefficient (Wildman–Crippen LogP) is 5.04. The molecule has 29 heavy (non-hydrogen) atoms. The van der Waals surface area contributed by atoms with Crippen molar-refractivity contribution in [3.05, 3.63) is 70.8 Å². The number of hydrogen-bond donors (Lipinski definition) is 0. The Morgan fingerprint density at radius 1 is 1.03 bits per heavy atom. The summed E-state index contributed by atoms with van der Waals surface area (Å²) >= 11 is 0. The molecule has 154 valence electrons. The third-order valence-electron chi connectivity index (χ3n) is 5.42. The minimum Gasteiger partial charge on any atom is -0.295 e. The SMILES string of the molecule is C#CCN(C)Cc1ccc(CN(CC(C)C)[C@@H]2C[C@H]2c2ccc(F)c(F)c2)cc1. The molecule has 0 saturated heterocycles. The average Bonchev–Trinajstić information content (AvgIpc) is 3.46. The first-order valence-electron chi connectivity index (χ1n) is 10.3. The van der Waals surface area contributed by atoms with Gasteiger partial charge in [0.2, 0.25) is 0 Å². The summed E-state index contributed by atoms with van der Waals surface area (Å²) in [5, 5.41) is 0. The van der Waals surface area contributed by atoms with Gasteiger partial charge in [-0.15, -0.1) is 6.42 Å². The minimum absolute atomic E-state index is 0.278. The summed E-state index contributed by atoms with van der Waals surface area (Å²) in [6, 6.07) is 13.4. The van der Waals surface area contributed by atoms with Crippen LogP contribution in [0.5, 0.6) is 0 Å². The highest BCUT2D eigenvalue weighted by Gasteiger charge is 2.42. The first kappa shape index (κ1) is 21.5. The summed E-state index contributed by atoms with van der Waals surface area (Å²) in [5.74, 6) is 1.94. The second-order valence-electron chi connectivity index (χ2n) is 8.60. The van der Waals surface area contributed by atoms with E-state index in [0.717, 1.165) is 31.6 Å². The molecule has 2 nitrogen and oxygen atoms in total. The highest BCUT2D eigenvalue weighted by molar-refractivity contribution is 5.30. The Morgan fingerprint density at radius 2 is 1.69 bits per heavy atom. The largest absolute Gasteiger partial charge is 0.295 e. The molecule has 2 aromatic rings. The van der Waals surface area contributed by atoms with Crippen LogP contribution in [0.4, 0.5) is 8.78 Å². The lowest BCUT2D eigenvalue weighted by atomic mass is 10.1. The predicted molar refractivity (Wildman–Crippen MR) is 114 cm³/mol. The van der Waals surface area contributed by atoms with Gasteiger partial charge in [-0.05, 0) is 48.2 Å². The van der Waals surface area contributed by atoms with Crippen LogP contribution in [0.2, 0.25) is 0 Å². The highest BCUT2D eigenvalue weighted by atomic mass is 19.2. The van der Waals surface area contributed by atoms with Gasteiger partial charge in [0, 0.05) is 31.6 Å². The maximum Gasteiger partial charge on any atom is 0.159 e. The lowest BCUT2D eigenvalue weighted by Gasteiger charge is -2.25. The minimum atomic E-state index is -0.780. The van der Waals surface area contributed by atoms with Crippen molar-refractivity contribution in [3.63, 3.8) is 0 Å². The van der Waals surface area contributed by atoms with Crippen molar-refractivity contribution in [2.24, 2.45) is 5.92 Å². The van der Waals surface area contributed by atoms with Gasteiger partial charge >= 0.3 is 0 Å².